The van der Waals surface area contributed by atoms with Crippen molar-refractivity contribution < 1.29 is 0 Å². The van der Waals surface area contributed by atoms with Crippen LogP contribution in [0.1, 0.15) is 44.2 Å². The van der Waals surface area contributed by atoms with Gasteiger partial charge in [-0.2, -0.15) is 0 Å². The van der Waals surface area contributed by atoms with Crippen LogP contribution in [0.15, 0.2) is 24.3 Å². The molecule has 0 bridgehead atoms. The van der Waals surface area contributed by atoms with Gasteiger partial charge in [-0.25, -0.2) is 0 Å². The van der Waals surface area contributed by atoms with Crippen molar-refractivity contribution in [2.75, 3.05) is 0 Å². The first-order valence-corrected chi connectivity index (χ1v) is 4.83. The minimum absolute atomic E-state index is 0.605. The highest BCUT2D eigenvalue weighted by Crippen LogP contribution is 2.13. The zero-order valence-corrected chi connectivity index (χ0v) is 8.59. The number of hydrogen-bond acceptors (Lipinski definition) is 0. The zero-order chi connectivity index (χ0) is 9.68. The zero-order valence-electron chi connectivity index (χ0n) is 8.59. The van der Waals surface area contributed by atoms with Gasteiger partial charge in [-0.05, 0) is 23.6 Å². The van der Waals surface area contributed by atoms with Gasteiger partial charge in [0.05, 0.1) is 0 Å². The minimum Gasteiger partial charge on any atom is -0.0982 e. The first-order chi connectivity index (χ1) is 6.24. The van der Waals surface area contributed by atoms with Crippen molar-refractivity contribution in [2.45, 2.75) is 33.1 Å². The molecule has 0 aromatic heterocycles. The molecule has 0 fully saturated rings. The lowest BCUT2D eigenvalue weighted by Gasteiger charge is -2.03. The van der Waals surface area contributed by atoms with Crippen molar-refractivity contribution in [3.05, 3.63) is 35.4 Å². The van der Waals surface area contributed by atoms with E-state index in [0.717, 1.165) is 12.0 Å². The van der Waals surface area contributed by atoms with Gasteiger partial charge in [-0.1, -0.05) is 44.7 Å². The quantitative estimate of drug-likeness (QED) is 0.568. The van der Waals surface area contributed by atoms with Crippen molar-refractivity contribution in [3.8, 4) is 11.8 Å². The summed E-state index contributed by atoms with van der Waals surface area (Å²) in [6.07, 6.45) is 0.923. The Labute approximate surface area is 81.0 Å². The lowest BCUT2D eigenvalue weighted by Crippen LogP contribution is -1.86. The first kappa shape index (κ1) is 9.86. The molecule has 0 aliphatic carbocycles. The van der Waals surface area contributed by atoms with Crippen molar-refractivity contribution in [1.29, 1.82) is 0 Å². The Bertz CT molecular complexity index is 306. The fourth-order valence-corrected chi connectivity index (χ4v) is 1.14. The molecular formula is C13H16. The molecule has 0 nitrogen and oxygen atoms in total. The van der Waals surface area contributed by atoms with E-state index in [0.29, 0.717) is 5.92 Å². The maximum Gasteiger partial charge on any atom is 0.0245 e. The predicted molar refractivity (Wildman–Crippen MR) is 57.7 cm³/mol. The van der Waals surface area contributed by atoms with E-state index in [9.17, 15) is 0 Å². The molecule has 0 unspecified atom stereocenters. The number of rotatable bonds is 1. The summed E-state index contributed by atoms with van der Waals surface area (Å²) in [7, 11) is 0. The van der Waals surface area contributed by atoms with E-state index in [-0.39, 0.29) is 0 Å². The van der Waals surface area contributed by atoms with Gasteiger partial charge in [0.2, 0.25) is 0 Å². The molecule has 0 aliphatic rings. The summed E-state index contributed by atoms with van der Waals surface area (Å²) in [4.78, 5) is 0. The molecule has 68 valence electrons. The van der Waals surface area contributed by atoms with E-state index >= 15 is 0 Å². The molecule has 0 N–H and O–H groups in total. The van der Waals surface area contributed by atoms with E-state index in [1.807, 2.05) is 0 Å². The third kappa shape index (κ3) is 2.95. The van der Waals surface area contributed by atoms with Gasteiger partial charge < -0.3 is 0 Å². The SMILES string of the molecule is CCC#Cc1ccc(C(C)C)cc1. The van der Waals surface area contributed by atoms with Crippen molar-refractivity contribution in [1.82, 2.24) is 0 Å². The van der Waals surface area contributed by atoms with Crippen LogP contribution < -0.4 is 0 Å². The largest absolute Gasteiger partial charge is 0.0982 e. The molecule has 0 atom stereocenters. The standard InChI is InChI=1S/C13H16/c1-4-5-6-12-7-9-13(10-8-12)11(2)3/h7-11H,4H2,1-3H3. The van der Waals surface area contributed by atoms with Crippen LogP contribution in [-0.4, -0.2) is 0 Å². The Kier molecular flexibility index (Phi) is 3.58. The van der Waals surface area contributed by atoms with Gasteiger partial charge in [-0.15, -0.1) is 0 Å². The Balaban J connectivity index is 2.81. The van der Waals surface area contributed by atoms with Crippen LogP contribution >= 0.6 is 0 Å². The molecule has 1 aromatic carbocycles. The Morgan fingerprint density at radius 1 is 1.15 bits per heavy atom. The third-order valence-corrected chi connectivity index (χ3v) is 1.99. The Hall–Kier alpha value is -1.22. The van der Waals surface area contributed by atoms with Gasteiger partial charge >= 0.3 is 0 Å². The number of hydrogen-bond donors (Lipinski definition) is 0. The first-order valence-electron chi connectivity index (χ1n) is 4.83. The van der Waals surface area contributed by atoms with Crippen LogP contribution in [0.3, 0.4) is 0 Å². The molecule has 0 saturated heterocycles. The molecule has 0 heteroatoms. The van der Waals surface area contributed by atoms with E-state index < -0.39 is 0 Å². The molecule has 0 saturated carbocycles. The summed E-state index contributed by atoms with van der Waals surface area (Å²) >= 11 is 0. The smallest absolute Gasteiger partial charge is 0.0245 e. The molecule has 0 radical (unpaired) electrons. The summed E-state index contributed by atoms with van der Waals surface area (Å²) in [6.45, 7) is 6.47. The summed E-state index contributed by atoms with van der Waals surface area (Å²) < 4.78 is 0. The lowest BCUT2D eigenvalue weighted by molar-refractivity contribution is 0.866. The van der Waals surface area contributed by atoms with Crippen LogP contribution in [0, 0.1) is 11.8 Å². The normalized spacial score (nSPS) is 9.54. The maximum absolute atomic E-state index is 3.11. The van der Waals surface area contributed by atoms with E-state index in [1.165, 1.54) is 5.56 Å². The van der Waals surface area contributed by atoms with Crippen LogP contribution in [0.4, 0.5) is 0 Å². The summed E-state index contributed by atoms with van der Waals surface area (Å²) in [6, 6.07) is 8.50. The summed E-state index contributed by atoms with van der Waals surface area (Å²) in [5.41, 5.74) is 2.49. The van der Waals surface area contributed by atoms with E-state index in [1.54, 1.807) is 0 Å². The van der Waals surface area contributed by atoms with E-state index in [2.05, 4.69) is 56.9 Å². The topological polar surface area (TPSA) is 0 Å². The summed E-state index contributed by atoms with van der Waals surface area (Å²) in [5.74, 6) is 6.78. The molecular weight excluding hydrogens is 156 g/mol. The molecule has 0 amide bonds. The fourth-order valence-electron chi connectivity index (χ4n) is 1.14. The molecule has 1 rings (SSSR count). The van der Waals surface area contributed by atoms with E-state index in [4.69, 9.17) is 0 Å². The van der Waals surface area contributed by atoms with Gasteiger partial charge in [0.25, 0.3) is 0 Å². The van der Waals surface area contributed by atoms with Gasteiger partial charge in [0.1, 0.15) is 0 Å². The molecule has 0 aliphatic heterocycles. The average Bonchev–Trinajstić information content (AvgIpc) is 2.15. The van der Waals surface area contributed by atoms with Crippen molar-refractivity contribution in [3.63, 3.8) is 0 Å². The predicted octanol–water partition coefficient (Wildman–Crippen LogP) is 3.57. The second-order valence-electron chi connectivity index (χ2n) is 3.43. The van der Waals surface area contributed by atoms with Crippen LogP contribution in [0.5, 0.6) is 0 Å². The highest BCUT2D eigenvalue weighted by Gasteiger charge is 1.96. The molecule has 0 spiro atoms. The number of benzene rings is 1. The van der Waals surface area contributed by atoms with Crippen molar-refractivity contribution in [2.24, 2.45) is 0 Å². The summed E-state index contributed by atoms with van der Waals surface area (Å²) in [5, 5.41) is 0. The fraction of sp³-hybridized carbons (Fsp3) is 0.385. The lowest BCUT2D eigenvalue weighted by atomic mass is 10.0. The Morgan fingerprint density at radius 3 is 2.23 bits per heavy atom. The second-order valence-corrected chi connectivity index (χ2v) is 3.43. The average molecular weight is 172 g/mol. The molecule has 1 aromatic rings. The molecule has 13 heavy (non-hydrogen) atoms. The second kappa shape index (κ2) is 4.72. The maximum atomic E-state index is 3.11. The van der Waals surface area contributed by atoms with Crippen LogP contribution in [0.2, 0.25) is 0 Å². The monoisotopic (exact) mass is 172 g/mol. The van der Waals surface area contributed by atoms with Gasteiger partial charge in [0.15, 0.2) is 0 Å². The highest BCUT2D eigenvalue weighted by molar-refractivity contribution is 5.36. The Morgan fingerprint density at radius 2 is 1.77 bits per heavy atom. The highest BCUT2D eigenvalue weighted by atomic mass is 14.0. The minimum atomic E-state index is 0.605. The van der Waals surface area contributed by atoms with Crippen molar-refractivity contribution >= 4 is 0 Å². The van der Waals surface area contributed by atoms with Crippen LogP contribution in [0.25, 0.3) is 0 Å². The van der Waals surface area contributed by atoms with Crippen LogP contribution in [-0.2, 0) is 0 Å². The molecule has 0 heterocycles. The van der Waals surface area contributed by atoms with Gasteiger partial charge in [0, 0.05) is 12.0 Å². The third-order valence-electron chi connectivity index (χ3n) is 1.99. The van der Waals surface area contributed by atoms with Gasteiger partial charge in [-0.3, -0.25) is 0 Å².